The predicted octanol–water partition coefficient (Wildman–Crippen LogP) is 2.51. The minimum Gasteiger partial charge on any atom is -0.448 e. The molecule has 2 rings (SSSR count). The summed E-state index contributed by atoms with van der Waals surface area (Å²) in [5, 5.41) is 9.87. The van der Waals surface area contributed by atoms with E-state index in [0.717, 1.165) is 12.1 Å². The molecule has 5 nitrogen and oxygen atoms in total. The number of nitrogens with zero attached hydrogens (tertiary/aromatic N) is 2. The highest BCUT2D eigenvalue weighted by Gasteiger charge is 2.34. The monoisotopic (exact) mass is 346 g/mol. The molecule has 1 N–H and O–H groups in total. The highest BCUT2D eigenvalue weighted by molar-refractivity contribution is 5.66. The number of β-amino-alcohol motifs (C(OH)–C–C–N with tert-alkyl or cyclic N) is 1. The van der Waals surface area contributed by atoms with Gasteiger partial charge in [0.1, 0.15) is 6.61 Å². The van der Waals surface area contributed by atoms with Gasteiger partial charge in [0.15, 0.2) is 0 Å². The Morgan fingerprint density at radius 1 is 1.33 bits per heavy atom. The van der Waals surface area contributed by atoms with Gasteiger partial charge in [0.25, 0.3) is 0 Å². The summed E-state index contributed by atoms with van der Waals surface area (Å²) in [5.74, 6) is 0. The van der Waals surface area contributed by atoms with E-state index in [1.165, 1.54) is 17.0 Å². The molecule has 0 aromatic heterocycles. The molecule has 1 aliphatic rings. The van der Waals surface area contributed by atoms with Crippen molar-refractivity contribution in [3.05, 3.63) is 35.4 Å². The molecule has 24 heavy (non-hydrogen) atoms. The zero-order valence-corrected chi connectivity index (χ0v) is 13.6. The van der Waals surface area contributed by atoms with Gasteiger partial charge in [-0.05, 0) is 24.1 Å². The third-order valence-electron chi connectivity index (χ3n) is 3.97. The molecule has 0 aliphatic carbocycles. The number of carbonyl (C=O) groups excluding carboxylic acids is 1. The molecule has 1 heterocycles. The Morgan fingerprint density at radius 3 is 2.50 bits per heavy atom. The van der Waals surface area contributed by atoms with Crippen LogP contribution in [-0.2, 0) is 10.9 Å². The van der Waals surface area contributed by atoms with Gasteiger partial charge in [0, 0.05) is 33.2 Å². The molecule has 1 aromatic carbocycles. The third-order valence-corrected chi connectivity index (χ3v) is 3.97. The van der Waals surface area contributed by atoms with Crippen molar-refractivity contribution in [2.24, 2.45) is 0 Å². The average molecular weight is 346 g/mol. The summed E-state index contributed by atoms with van der Waals surface area (Å²) < 4.78 is 43.0. The largest absolute Gasteiger partial charge is 0.448 e. The van der Waals surface area contributed by atoms with E-state index in [2.05, 4.69) is 0 Å². The number of carbonyl (C=O) groups is 1. The summed E-state index contributed by atoms with van der Waals surface area (Å²) in [7, 11) is 3.15. The van der Waals surface area contributed by atoms with Crippen LogP contribution in [0.15, 0.2) is 24.3 Å². The van der Waals surface area contributed by atoms with E-state index in [9.17, 15) is 23.1 Å². The summed E-state index contributed by atoms with van der Waals surface area (Å²) in [6, 6.07) is 4.77. The normalized spacial score (nSPS) is 21.8. The Labute approximate surface area is 138 Å². The Hall–Kier alpha value is -1.80. The second-order valence-electron chi connectivity index (χ2n) is 6.03. The van der Waals surface area contributed by atoms with Crippen LogP contribution in [0.1, 0.15) is 23.6 Å². The molecule has 0 spiro atoms. The number of rotatable bonds is 4. The summed E-state index contributed by atoms with van der Waals surface area (Å²) in [6.45, 7) is 0.953. The molecule has 1 saturated heterocycles. The number of aliphatic hydroxyl groups excluding tert-OH is 1. The molecular formula is C16H21F3N2O3. The van der Waals surface area contributed by atoms with Crippen molar-refractivity contribution in [3.8, 4) is 0 Å². The topological polar surface area (TPSA) is 53.0 Å². The second kappa shape index (κ2) is 7.40. The van der Waals surface area contributed by atoms with Gasteiger partial charge >= 0.3 is 12.3 Å². The first kappa shape index (κ1) is 18.5. The SMILES string of the molecule is CN(C)C(=O)OCCN1C[C@@H](O)C[C@H]1c1ccc(C(F)(F)F)cc1. The maximum absolute atomic E-state index is 12.6. The maximum Gasteiger partial charge on any atom is 0.416 e. The summed E-state index contributed by atoms with van der Waals surface area (Å²) in [4.78, 5) is 14.6. The molecule has 0 radical (unpaired) electrons. The molecule has 134 valence electrons. The Kier molecular flexibility index (Phi) is 5.71. The number of amides is 1. The zero-order chi connectivity index (χ0) is 17.9. The van der Waals surface area contributed by atoms with Gasteiger partial charge < -0.3 is 14.7 Å². The van der Waals surface area contributed by atoms with Gasteiger partial charge in [-0.3, -0.25) is 4.90 Å². The van der Waals surface area contributed by atoms with E-state index in [1.807, 2.05) is 4.90 Å². The van der Waals surface area contributed by atoms with E-state index in [0.29, 0.717) is 25.1 Å². The van der Waals surface area contributed by atoms with Crippen LogP contribution in [0.5, 0.6) is 0 Å². The molecule has 0 saturated carbocycles. The number of likely N-dealkylation sites (tertiary alicyclic amines) is 1. The van der Waals surface area contributed by atoms with Crippen LogP contribution in [0, 0.1) is 0 Å². The highest BCUT2D eigenvalue weighted by Crippen LogP contribution is 2.34. The first-order valence-electron chi connectivity index (χ1n) is 7.62. The first-order valence-corrected chi connectivity index (χ1v) is 7.62. The van der Waals surface area contributed by atoms with Gasteiger partial charge in [0.2, 0.25) is 0 Å². The van der Waals surface area contributed by atoms with Gasteiger partial charge in [-0.25, -0.2) is 4.79 Å². The van der Waals surface area contributed by atoms with Crippen LogP contribution in [0.2, 0.25) is 0 Å². The number of hydrogen-bond donors (Lipinski definition) is 1. The highest BCUT2D eigenvalue weighted by atomic mass is 19.4. The fourth-order valence-corrected chi connectivity index (χ4v) is 2.75. The van der Waals surface area contributed by atoms with E-state index in [1.54, 1.807) is 14.1 Å². The van der Waals surface area contributed by atoms with Gasteiger partial charge in [-0.15, -0.1) is 0 Å². The van der Waals surface area contributed by atoms with Crippen LogP contribution in [0.3, 0.4) is 0 Å². The van der Waals surface area contributed by atoms with Crippen LogP contribution < -0.4 is 0 Å². The lowest BCUT2D eigenvalue weighted by molar-refractivity contribution is -0.137. The molecule has 2 atom stereocenters. The molecular weight excluding hydrogens is 325 g/mol. The van der Waals surface area contributed by atoms with Crippen molar-refractivity contribution >= 4 is 6.09 Å². The Bertz CT molecular complexity index is 561. The van der Waals surface area contributed by atoms with Crippen LogP contribution in [0.4, 0.5) is 18.0 Å². The van der Waals surface area contributed by atoms with Gasteiger partial charge in [-0.1, -0.05) is 12.1 Å². The van der Waals surface area contributed by atoms with E-state index < -0.39 is 23.9 Å². The number of aliphatic hydroxyl groups is 1. The van der Waals surface area contributed by atoms with E-state index in [-0.39, 0.29) is 12.6 Å². The first-order chi connectivity index (χ1) is 11.2. The van der Waals surface area contributed by atoms with E-state index >= 15 is 0 Å². The summed E-state index contributed by atoms with van der Waals surface area (Å²) in [5.41, 5.74) is 0.00902. The van der Waals surface area contributed by atoms with Crippen molar-refractivity contribution < 1.29 is 27.8 Å². The third kappa shape index (κ3) is 4.61. The molecule has 8 heteroatoms. The molecule has 1 aromatic rings. The number of halogens is 3. The fraction of sp³-hybridized carbons (Fsp3) is 0.562. The van der Waals surface area contributed by atoms with Gasteiger partial charge in [-0.2, -0.15) is 13.2 Å². The number of benzene rings is 1. The van der Waals surface area contributed by atoms with Gasteiger partial charge in [0.05, 0.1) is 11.7 Å². The Balaban J connectivity index is 2.00. The zero-order valence-electron chi connectivity index (χ0n) is 13.6. The minimum atomic E-state index is -4.37. The Morgan fingerprint density at radius 2 is 1.96 bits per heavy atom. The second-order valence-corrected chi connectivity index (χ2v) is 6.03. The molecule has 1 aliphatic heterocycles. The molecule has 0 unspecified atom stereocenters. The number of ether oxygens (including phenoxy) is 1. The lowest BCUT2D eigenvalue weighted by Gasteiger charge is -2.24. The standard InChI is InChI=1S/C16H21F3N2O3/c1-20(2)15(23)24-8-7-21-10-13(22)9-14(21)11-3-5-12(6-4-11)16(17,18)19/h3-6,13-14,22H,7-10H2,1-2H3/t13-,14-/m0/s1. The smallest absolute Gasteiger partial charge is 0.416 e. The van der Waals surface area contributed by atoms with Crippen LogP contribution in [-0.4, -0.2) is 60.9 Å². The predicted molar refractivity (Wildman–Crippen MR) is 81.4 cm³/mol. The molecule has 1 fully saturated rings. The molecule has 0 bridgehead atoms. The number of hydrogen-bond acceptors (Lipinski definition) is 4. The van der Waals surface area contributed by atoms with Crippen molar-refractivity contribution in [3.63, 3.8) is 0 Å². The number of alkyl halides is 3. The van der Waals surface area contributed by atoms with Crippen LogP contribution in [0.25, 0.3) is 0 Å². The van der Waals surface area contributed by atoms with Crippen molar-refractivity contribution in [1.82, 2.24) is 9.80 Å². The lowest BCUT2D eigenvalue weighted by Crippen LogP contribution is -2.31. The molecule has 1 amide bonds. The lowest BCUT2D eigenvalue weighted by atomic mass is 10.0. The quantitative estimate of drug-likeness (QED) is 0.910. The van der Waals surface area contributed by atoms with Crippen molar-refractivity contribution in [2.75, 3.05) is 33.8 Å². The maximum atomic E-state index is 12.6. The summed E-state index contributed by atoms with van der Waals surface area (Å²) in [6.07, 6.45) is -4.94. The minimum absolute atomic E-state index is 0.154. The van der Waals surface area contributed by atoms with Crippen molar-refractivity contribution in [1.29, 1.82) is 0 Å². The fourth-order valence-electron chi connectivity index (χ4n) is 2.75. The van der Waals surface area contributed by atoms with E-state index in [4.69, 9.17) is 4.74 Å². The average Bonchev–Trinajstić information content (AvgIpc) is 2.87. The summed E-state index contributed by atoms with van der Waals surface area (Å²) >= 11 is 0. The van der Waals surface area contributed by atoms with Crippen molar-refractivity contribution in [2.45, 2.75) is 24.7 Å². The van der Waals surface area contributed by atoms with Crippen LogP contribution >= 0.6 is 0 Å².